The van der Waals surface area contributed by atoms with Crippen molar-refractivity contribution in [1.29, 1.82) is 0 Å². The number of hydrogen-bond donors (Lipinski definition) is 2. The van der Waals surface area contributed by atoms with Crippen LogP contribution in [0.3, 0.4) is 0 Å². The smallest absolute Gasteiger partial charge is 0.243 e. The molecule has 0 aliphatic carbocycles. The van der Waals surface area contributed by atoms with E-state index < -0.39 is 6.04 Å². The van der Waals surface area contributed by atoms with E-state index in [0.29, 0.717) is 22.6 Å². The molecule has 1 atom stereocenters. The van der Waals surface area contributed by atoms with Crippen LogP contribution in [0.1, 0.15) is 16.7 Å². The van der Waals surface area contributed by atoms with Gasteiger partial charge in [-0.05, 0) is 41.0 Å². The minimum atomic E-state index is -0.850. The highest BCUT2D eigenvalue weighted by Crippen LogP contribution is 2.28. The van der Waals surface area contributed by atoms with Gasteiger partial charge in [0.05, 0.1) is 27.2 Å². The number of nitrogens with zero attached hydrogens (tertiary/aromatic N) is 1. The van der Waals surface area contributed by atoms with Crippen LogP contribution in [-0.2, 0) is 29.0 Å². The summed E-state index contributed by atoms with van der Waals surface area (Å²) >= 11 is 0. The molecule has 7 nitrogen and oxygen atoms in total. The quantitative estimate of drug-likeness (QED) is 0.404. The summed E-state index contributed by atoms with van der Waals surface area (Å²) in [5.74, 6) is -0.0117. The van der Waals surface area contributed by atoms with Gasteiger partial charge in [0, 0.05) is 19.5 Å². The number of nitrogens with one attached hydrogen (secondary N) is 1. The highest BCUT2D eigenvalue weighted by Gasteiger charge is 2.30. The molecule has 2 amide bonds. The van der Waals surface area contributed by atoms with Gasteiger partial charge in [-0.3, -0.25) is 9.59 Å². The second kappa shape index (κ2) is 13.3. The number of carbonyl (C=O) groups excluding carboxylic acids is 2. The molecule has 36 heavy (non-hydrogen) atoms. The normalized spacial score (nSPS) is 11.4. The van der Waals surface area contributed by atoms with Crippen LogP contribution in [0.2, 0.25) is 0 Å². The Kier molecular flexibility index (Phi) is 9.82. The predicted octanol–water partition coefficient (Wildman–Crippen LogP) is 3.13. The SMILES string of the molecule is COc1ccc(CC(=O)N(Cc2ccc(F)cc2)[C@@H](Cc2ccccc2)C(=O)NCCO)cc1OC. The third kappa shape index (κ3) is 7.29. The first kappa shape index (κ1) is 26.7. The fourth-order valence-corrected chi connectivity index (χ4v) is 3.90. The van der Waals surface area contributed by atoms with Crippen LogP contribution in [0, 0.1) is 5.82 Å². The first-order valence-electron chi connectivity index (χ1n) is 11.6. The molecule has 0 spiro atoms. The zero-order chi connectivity index (χ0) is 25.9. The lowest BCUT2D eigenvalue weighted by Gasteiger charge is -2.31. The van der Waals surface area contributed by atoms with E-state index in [9.17, 15) is 19.1 Å². The van der Waals surface area contributed by atoms with E-state index in [0.717, 1.165) is 5.56 Å². The average molecular weight is 495 g/mol. The molecule has 0 saturated heterocycles. The van der Waals surface area contributed by atoms with Crippen molar-refractivity contribution in [2.45, 2.75) is 25.4 Å². The summed E-state index contributed by atoms with van der Waals surface area (Å²) in [6, 6.07) is 19.6. The summed E-state index contributed by atoms with van der Waals surface area (Å²) in [5.41, 5.74) is 2.26. The maximum absolute atomic E-state index is 13.7. The minimum Gasteiger partial charge on any atom is -0.493 e. The van der Waals surface area contributed by atoms with E-state index in [-0.39, 0.29) is 50.2 Å². The van der Waals surface area contributed by atoms with Crippen molar-refractivity contribution in [2.75, 3.05) is 27.4 Å². The summed E-state index contributed by atoms with van der Waals surface area (Å²) in [7, 11) is 3.05. The van der Waals surface area contributed by atoms with Crippen molar-refractivity contribution in [2.24, 2.45) is 0 Å². The molecule has 3 aromatic carbocycles. The molecule has 0 aliphatic heterocycles. The lowest BCUT2D eigenvalue weighted by Crippen LogP contribution is -2.51. The third-order valence-corrected chi connectivity index (χ3v) is 5.75. The van der Waals surface area contributed by atoms with Crippen LogP contribution in [0.25, 0.3) is 0 Å². The molecule has 3 aromatic rings. The molecule has 190 valence electrons. The number of carbonyl (C=O) groups is 2. The molecule has 0 fully saturated rings. The van der Waals surface area contributed by atoms with Gasteiger partial charge < -0.3 is 24.8 Å². The van der Waals surface area contributed by atoms with E-state index >= 15 is 0 Å². The van der Waals surface area contributed by atoms with E-state index in [1.165, 1.54) is 31.3 Å². The fraction of sp³-hybridized carbons (Fsp3) is 0.286. The maximum Gasteiger partial charge on any atom is 0.243 e. The van der Waals surface area contributed by atoms with Gasteiger partial charge in [0.15, 0.2) is 11.5 Å². The number of benzene rings is 3. The van der Waals surface area contributed by atoms with Crippen LogP contribution in [0.5, 0.6) is 11.5 Å². The molecule has 0 unspecified atom stereocenters. The molecule has 0 saturated carbocycles. The molecule has 8 heteroatoms. The van der Waals surface area contributed by atoms with E-state index in [2.05, 4.69) is 5.32 Å². The Labute approximate surface area is 210 Å². The molecule has 3 rings (SSSR count). The summed E-state index contributed by atoms with van der Waals surface area (Å²) in [6.45, 7) is -0.0455. The molecule has 0 aromatic heterocycles. The molecule has 2 N–H and O–H groups in total. The van der Waals surface area contributed by atoms with Gasteiger partial charge in [-0.25, -0.2) is 4.39 Å². The first-order valence-corrected chi connectivity index (χ1v) is 11.6. The van der Waals surface area contributed by atoms with Gasteiger partial charge in [-0.15, -0.1) is 0 Å². The Morgan fingerprint density at radius 3 is 2.22 bits per heavy atom. The van der Waals surface area contributed by atoms with Crippen molar-refractivity contribution < 1.29 is 28.6 Å². The Bertz CT molecular complexity index is 1140. The number of rotatable bonds is 12. The summed E-state index contributed by atoms with van der Waals surface area (Å²) in [5, 5.41) is 11.9. The van der Waals surface area contributed by atoms with Crippen molar-refractivity contribution in [3.8, 4) is 11.5 Å². The fourth-order valence-electron chi connectivity index (χ4n) is 3.90. The lowest BCUT2D eigenvalue weighted by molar-refractivity contribution is -0.140. The van der Waals surface area contributed by atoms with Crippen LogP contribution < -0.4 is 14.8 Å². The minimum absolute atomic E-state index is 0.0140. The van der Waals surface area contributed by atoms with Crippen molar-refractivity contribution in [3.05, 3.63) is 95.3 Å². The highest BCUT2D eigenvalue weighted by atomic mass is 19.1. The Balaban J connectivity index is 1.96. The second-order valence-corrected chi connectivity index (χ2v) is 8.23. The number of aliphatic hydroxyl groups excluding tert-OH is 1. The zero-order valence-electron chi connectivity index (χ0n) is 20.4. The van der Waals surface area contributed by atoms with E-state index in [1.54, 1.807) is 30.3 Å². The van der Waals surface area contributed by atoms with Crippen LogP contribution in [-0.4, -0.2) is 55.2 Å². The third-order valence-electron chi connectivity index (χ3n) is 5.75. The average Bonchev–Trinajstić information content (AvgIpc) is 2.90. The van der Waals surface area contributed by atoms with Crippen LogP contribution in [0.15, 0.2) is 72.8 Å². The van der Waals surface area contributed by atoms with Gasteiger partial charge in [0.2, 0.25) is 11.8 Å². The van der Waals surface area contributed by atoms with Gasteiger partial charge >= 0.3 is 0 Å². The number of halogens is 1. The largest absolute Gasteiger partial charge is 0.493 e. The lowest BCUT2D eigenvalue weighted by atomic mass is 10.0. The molecule has 0 bridgehead atoms. The van der Waals surface area contributed by atoms with Crippen molar-refractivity contribution >= 4 is 11.8 Å². The van der Waals surface area contributed by atoms with Crippen molar-refractivity contribution in [3.63, 3.8) is 0 Å². The summed E-state index contributed by atoms with van der Waals surface area (Å²) in [4.78, 5) is 28.4. The zero-order valence-corrected chi connectivity index (χ0v) is 20.4. The Morgan fingerprint density at radius 2 is 1.58 bits per heavy atom. The molecule has 0 radical (unpaired) electrons. The van der Waals surface area contributed by atoms with Gasteiger partial charge in [0.25, 0.3) is 0 Å². The van der Waals surface area contributed by atoms with Gasteiger partial charge in [-0.1, -0.05) is 48.5 Å². The van der Waals surface area contributed by atoms with Gasteiger partial charge in [-0.2, -0.15) is 0 Å². The van der Waals surface area contributed by atoms with Crippen LogP contribution in [0.4, 0.5) is 4.39 Å². The Hall–Kier alpha value is -3.91. The second-order valence-electron chi connectivity index (χ2n) is 8.23. The molecule has 0 aliphatic rings. The number of amides is 2. The number of aliphatic hydroxyl groups is 1. The number of ether oxygens (including phenoxy) is 2. The monoisotopic (exact) mass is 494 g/mol. The topological polar surface area (TPSA) is 88.1 Å². The summed E-state index contributed by atoms with van der Waals surface area (Å²) in [6.07, 6.45) is 0.289. The Morgan fingerprint density at radius 1 is 0.917 bits per heavy atom. The van der Waals surface area contributed by atoms with Crippen molar-refractivity contribution in [1.82, 2.24) is 10.2 Å². The van der Waals surface area contributed by atoms with Crippen LogP contribution >= 0.6 is 0 Å². The first-order chi connectivity index (χ1) is 17.4. The summed E-state index contributed by atoms with van der Waals surface area (Å²) < 4.78 is 24.2. The standard InChI is InChI=1S/C28H31FN2O5/c1-35-25-13-10-22(17-26(25)36-2)18-27(33)31(19-21-8-11-23(29)12-9-21)24(28(34)30-14-15-32)16-20-6-4-3-5-7-20/h3-13,17,24,32H,14-16,18-19H2,1-2H3,(H,30,34)/t24-/m0/s1. The van der Waals surface area contributed by atoms with E-state index in [4.69, 9.17) is 9.47 Å². The van der Waals surface area contributed by atoms with Gasteiger partial charge in [0.1, 0.15) is 11.9 Å². The molecule has 0 heterocycles. The predicted molar refractivity (Wildman–Crippen MR) is 134 cm³/mol. The highest BCUT2D eigenvalue weighted by molar-refractivity contribution is 5.88. The number of methoxy groups -OCH3 is 2. The maximum atomic E-state index is 13.7. The molecular weight excluding hydrogens is 463 g/mol. The molecular formula is C28H31FN2O5. The number of hydrogen-bond acceptors (Lipinski definition) is 5. The van der Waals surface area contributed by atoms with E-state index in [1.807, 2.05) is 30.3 Å².